The Labute approximate surface area is 141 Å². The van der Waals surface area contributed by atoms with Crippen molar-refractivity contribution < 1.29 is 4.79 Å². The molecular weight excluding hydrogens is 310 g/mol. The van der Waals surface area contributed by atoms with Crippen LogP contribution in [0.15, 0.2) is 48.5 Å². The number of carbonyl (C=O) groups excluding carboxylic acids is 1. The first-order valence-corrected chi connectivity index (χ1v) is 8.13. The van der Waals surface area contributed by atoms with Crippen LogP contribution in [0.2, 0.25) is 5.02 Å². The second-order valence-electron chi connectivity index (χ2n) is 5.75. The summed E-state index contributed by atoms with van der Waals surface area (Å²) in [6.45, 7) is 5.09. The molecule has 0 atom stereocenters. The van der Waals surface area contributed by atoms with E-state index in [0.29, 0.717) is 13.1 Å². The molecule has 0 aliphatic carbocycles. The number of aryl methyl sites for hydroxylation is 1. The maximum absolute atomic E-state index is 12.3. The fourth-order valence-corrected chi connectivity index (χ4v) is 2.79. The number of carbonyl (C=O) groups is 1. The van der Waals surface area contributed by atoms with Crippen LogP contribution in [0.25, 0.3) is 0 Å². The Morgan fingerprint density at radius 3 is 2.17 bits per heavy atom. The van der Waals surface area contributed by atoms with Gasteiger partial charge in [-0.15, -0.1) is 0 Å². The molecule has 0 aromatic heterocycles. The van der Waals surface area contributed by atoms with Crippen LogP contribution < -0.4 is 10.2 Å². The highest BCUT2D eigenvalue weighted by Gasteiger charge is 2.21. The van der Waals surface area contributed by atoms with Crippen molar-refractivity contribution in [3.63, 3.8) is 0 Å². The van der Waals surface area contributed by atoms with Crippen molar-refractivity contribution >= 4 is 29.0 Å². The van der Waals surface area contributed by atoms with Gasteiger partial charge in [-0.05, 0) is 43.3 Å². The first-order valence-electron chi connectivity index (χ1n) is 7.75. The summed E-state index contributed by atoms with van der Waals surface area (Å²) in [7, 11) is 0. The summed E-state index contributed by atoms with van der Waals surface area (Å²) in [5.74, 6) is 0. The van der Waals surface area contributed by atoms with E-state index < -0.39 is 0 Å². The SMILES string of the molecule is Cc1ccc(NC(=O)N2CCN(c3ccc(Cl)cc3)CC2)cc1. The third kappa shape index (κ3) is 3.96. The number of nitrogens with one attached hydrogen (secondary N) is 1. The standard InChI is InChI=1S/C18H20ClN3O/c1-14-2-6-16(7-3-14)20-18(23)22-12-10-21(11-13-22)17-8-4-15(19)5-9-17/h2-9H,10-13H2,1H3,(H,20,23). The molecule has 0 radical (unpaired) electrons. The van der Waals surface area contributed by atoms with E-state index in [0.717, 1.165) is 29.5 Å². The molecule has 1 heterocycles. The number of halogens is 1. The zero-order valence-corrected chi connectivity index (χ0v) is 13.9. The highest BCUT2D eigenvalue weighted by Crippen LogP contribution is 2.19. The summed E-state index contributed by atoms with van der Waals surface area (Å²) in [6.07, 6.45) is 0. The van der Waals surface area contributed by atoms with Gasteiger partial charge in [0, 0.05) is 42.6 Å². The Morgan fingerprint density at radius 2 is 1.57 bits per heavy atom. The van der Waals surface area contributed by atoms with Gasteiger partial charge in [0.05, 0.1) is 0 Å². The van der Waals surface area contributed by atoms with Crippen molar-refractivity contribution in [2.75, 3.05) is 36.4 Å². The molecule has 3 rings (SSSR count). The van der Waals surface area contributed by atoms with Crippen LogP contribution >= 0.6 is 11.6 Å². The highest BCUT2D eigenvalue weighted by molar-refractivity contribution is 6.30. The number of nitrogens with zero attached hydrogens (tertiary/aromatic N) is 2. The van der Waals surface area contributed by atoms with Gasteiger partial charge in [0.2, 0.25) is 0 Å². The molecule has 0 saturated carbocycles. The van der Waals surface area contributed by atoms with Crippen LogP contribution in [0.5, 0.6) is 0 Å². The van der Waals surface area contributed by atoms with Crippen LogP contribution in [-0.4, -0.2) is 37.1 Å². The highest BCUT2D eigenvalue weighted by atomic mass is 35.5. The summed E-state index contributed by atoms with van der Waals surface area (Å²) in [6, 6.07) is 15.6. The first kappa shape index (κ1) is 15.7. The Kier molecular flexibility index (Phi) is 4.72. The molecule has 1 saturated heterocycles. The maximum Gasteiger partial charge on any atom is 0.321 e. The predicted molar refractivity (Wildman–Crippen MR) is 95.4 cm³/mol. The molecule has 4 nitrogen and oxygen atoms in total. The fourth-order valence-electron chi connectivity index (χ4n) is 2.66. The molecule has 0 unspecified atom stereocenters. The lowest BCUT2D eigenvalue weighted by Crippen LogP contribution is -2.50. The lowest BCUT2D eigenvalue weighted by Gasteiger charge is -2.36. The van der Waals surface area contributed by atoms with E-state index in [4.69, 9.17) is 11.6 Å². The first-order chi connectivity index (χ1) is 11.1. The fraction of sp³-hybridized carbons (Fsp3) is 0.278. The number of rotatable bonds is 2. The summed E-state index contributed by atoms with van der Waals surface area (Å²) >= 11 is 5.92. The monoisotopic (exact) mass is 329 g/mol. The van der Waals surface area contributed by atoms with Crippen molar-refractivity contribution in [1.29, 1.82) is 0 Å². The predicted octanol–water partition coefficient (Wildman–Crippen LogP) is 4.00. The van der Waals surface area contributed by atoms with Crippen LogP contribution in [0, 0.1) is 6.92 Å². The molecule has 1 aliphatic rings. The molecule has 2 amide bonds. The smallest absolute Gasteiger partial charge is 0.321 e. The molecular formula is C18H20ClN3O. The van der Waals surface area contributed by atoms with E-state index in [1.165, 1.54) is 5.56 Å². The summed E-state index contributed by atoms with van der Waals surface area (Å²) in [5, 5.41) is 3.69. The molecule has 0 spiro atoms. The largest absolute Gasteiger partial charge is 0.368 e. The zero-order chi connectivity index (χ0) is 16.2. The van der Waals surface area contributed by atoms with Gasteiger partial charge in [-0.3, -0.25) is 0 Å². The second-order valence-corrected chi connectivity index (χ2v) is 6.18. The molecule has 0 bridgehead atoms. The topological polar surface area (TPSA) is 35.6 Å². The van der Waals surface area contributed by atoms with Crippen molar-refractivity contribution in [1.82, 2.24) is 4.90 Å². The van der Waals surface area contributed by atoms with Gasteiger partial charge in [-0.25, -0.2) is 4.79 Å². The van der Waals surface area contributed by atoms with Crippen LogP contribution in [-0.2, 0) is 0 Å². The molecule has 1 fully saturated rings. The van der Waals surface area contributed by atoms with Crippen molar-refractivity contribution in [3.05, 3.63) is 59.1 Å². The molecule has 1 N–H and O–H groups in total. The molecule has 5 heteroatoms. The molecule has 2 aromatic rings. The number of amides is 2. The van der Waals surface area contributed by atoms with Crippen LogP contribution in [0.3, 0.4) is 0 Å². The number of anilines is 2. The van der Waals surface area contributed by atoms with E-state index in [9.17, 15) is 4.79 Å². The van der Waals surface area contributed by atoms with Gasteiger partial charge in [-0.2, -0.15) is 0 Å². The summed E-state index contributed by atoms with van der Waals surface area (Å²) in [5.41, 5.74) is 3.16. The minimum Gasteiger partial charge on any atom is -0.368 e. The lowest BCUT2D eigenvalue weighted by molar-refractivity contribution is 0.208. The van der Waals surface area contributed by atoms with E-state index in [-0.39, 0.29) is 6.03 Å². The average Bonchev–Trinajstić information content (AvgIpc) is 2.58. The third-order valence-corrected chi connectivity index (χ3v) is 4.31. The normalized spacial score (nSPS) is 14.7. The Balaban J connectivity index is 1.54. The molecule has 120 valence electrons. The summed E-state index contributed by atoms with van der Waals surface area (Å²) in [4.78, 5) is 16.4. The Bertz CT molecular complexity index is 662. The second kappa shape index (κ2) is 6.92. The van der Waals surface area contributed by atoms with Gasteiger partial charge in [0.15, 0.2) is 0 Å². The number of piperazine rings is 1. The van der Waals surface area contributed by atoms with E-state index in [1.807, 2.05) is 60.4 Å². The van der Waals surface area contributed by atoms with Crippen molar-refractivity contribution in [2.24, 2.45) is 0 Å². The van der Waals surface area contributed by atoms with Crippen LogP contribution in [0.4, 0.5) is 16.2 Å². The van der Waals surface area contributed by atoms with Crippen molar-refractivity contribution in [2.45, 2.75) is 6.92 Å². The number of hydrogen-bond donors (Lipinski definition) is 1. The Hall–Kier alpha value is -2.20. The van der Waals surface area contributed by atoms with Gasteiger partial charge >= 0.3 is 6.03 Å². The number of urea groups is 1. The molecule has 23 heavy (non-hydrogen) atoms. The third-order valence-electron chi connectivity index (χ3n) is 4.06. The van der Waals surface area contributed by atoms with Gasteiger partial charge in [0.25, 0.3) is 0 Å². The lowest BCUT2D eigenvalue weighted by atomic mass is 10.2. The van der Waals surface area contributed by atoms with Crippen LogP contribution in [0.1, 0.15) is 5.56 Å². The van der Waals surface area contributed by atoms with E-state index in [2.05, 4.69) is 10.2 Å². The van der Waals surface area contributed by atoms with Gasteiger partial charge in [0.1, 0.15) is 0 Å². The van der Waals surface area contributed by atoms with Gasteiger partial charge in [-0.1, -0.05) is 29.3 Å². The quantitative estimate of drug-likeness (QED) is 0.903. The molecule has 2 aromatic carbocycles. The number of benzene rings is 2. The van der Waals surface area contributed by atoms with E-state index >= 15 is 0 Å². The summed E-state index contributed by atoms with van der Waals surface area (Å²) < 4.78 is 0. The molecule has 1 aliphatic heterocycles. The van der Waals surface area contributed by atoms with Gasteiger partial charge < -0.3 is 15.1 Å². The zero-order valence-electron chi connectivity index (χ0n) is 13.1. The average molecular weight is 330 g/mol. The van der Waals surface area contributed by atoms with Crippen molar-refractivity contribution in [3.8, 4) is 0 Å². The maximum atomic E-state index is 12.3. The minimum absolute atomic E-state index is 0.0374. The minimum atomic E-state index is -0.0374. The number of hydrogen-bond acceptors (Lipinski definition) is 2. The Morgan fingerprint density at radius 1 is 0.957 bits per heavy atom. The van der Waals surface area contributed by atoms with E-state index in [1.54, 1.807) is 0 Å².